The number of unbranched alkanes of at least 4 members (excludes halogenated alkanes) is 1. The smallest absolute Gasteiger partial charge is 0.408 e. The second-order valence-corrected chi connectivity index (χ2v) is 8.11. The molecule has 0 saturated heterocycles. The zero-order chi connectivity index (χ0) is 22.3. The van der Waals surface area contributed by atoms with E-state index in [1.54, 1.807) is 0 Å². The Bertz CT molecular complexity index is 879. The number of ether oxygens (including phenoxy) is 2. The first-order valence-electron chi connectivity index (χ1n) is 8.96. The van der Waals surface area contributed by atoms with E-state index in [1.165, 1.54) is 0 Å². The minimum absolute atomic E-state index is 0.0571. The van der Waals surface area contributed by atoms with Crippen LogP contribution < -0.4 is 10.1 Å². The summed E-state index contributed by atoms with van der Waals surface area (Å²) in [4.78, 5) is 24.9. The van der Waals surface area contributed by atoms with Gasteiger partial charge in [-0.1, -0.05) is 108 Å². The van der Waals surface area contributed by atoms with Crippen LogP contribution in [0.25, 0.3) is 0 Å². The van der Waals surface area contributed by atoms with E-state index in [4.69, 9.17) is 67.5 Å². The summed E-state index contributed by atoms with van der Waals surface area (Å²) in [6, 6.07) is 8.14. The van der Waals surface area contributed by atoms with Gasteiger partial charge in [0, 0.05) is 0 Å². The number of halogens is 5. The van der Waals surface area contributed by atoms with Crippen LogP contribution in [-0.4, -0.2) is 18.1 Å². The fourth-order valence-corrected chi connectivity index (χ4v) is 3.61. The van der Waals surface area contributed by atoms with Crippen LogP contribution in [0.2, 0.25) is 25.1 Å². The van der Waals surface area contributed by atoms with Gasteiger partial charge in [-0.2, -0.15) is 0 Å². The highest BCUT2D eigenvalue weighted by atomic mass is 35.5. The van der Waals surface area contributed by atoms with Gasteiger partial charge in [-0.05, 0) is 12.0 Å². The molecule has 0 aliphatic rings. The molecule has 0 heterocycles. The summed E-state index contributed by atoms with van der Waals surface area (Å²) in [6.07, 6.45) is 1.01. The predicted octanol–water partition coefficient (Wildman–Crippen LogP) is 7.34. The number of hydrogen-bond acceptors (Lipinski definition) is 4. The summed E-state index contributed by atoms with van der Waals surface area (Å²) in [5, 5.41) is 1.92. The van der Waals surface area contributed by atoms with E-state index in [1.807, 2.05) is 37.3 Å². The molecule has 0 fully saturated rings. The first-order chi connectivity index (χ1) is 14.3. The second kappa shape index (κ2) is 11.9. The number of carbonyl (C=O) groups excluding carboxylic acids is 2. The van der Waals surface area contributed by atoms with Crippen LogP contribution in [0.1, 0.15) is 31.7 Å². The maximum absolute atomic E-state index is 12.7. The van der Waals surface area contributed by atoms with Gasteiger partial charge in [0.1, 0.15) is 22.7 Å². The van der Waals surface area contributed by atoms with Crippen LogP contribution in [0, 0.1) is 0 Å². The highest BCUT2D eigenvalue weighted by Crippen LogP contribution is 2.48. The van der Waals surface area contributed by atoms with Crippen molar-refractivity contribution in [2.24, 2.45) is 0 Å². The second-order valence-electron chi connectivity index (χ2n) is 6.22. The Balaban J connectivity index is 2.11. The SMILES string of the molecule is CCCC[C@H](NC(=O)OCc1ccccc1)C(=O)Oc1c(Cl)c(Cl)c(Cl)c(Cl)c1Cl. The molecule has 0 aliphatic carbocycles. The largest absolute Gasteiger partial charge is 0.445 e. The van der Waals surface area contributed by atoms with Crippen molar-refractivity contribution < 1.29 is 19.1 Å². The van der Waals surface area contributed by atoms with Gasteiger partial charge in [-0.3, -0.25) is 0 Å². The van der Waals surface area contributed by atoms with E-state index in [0.717, 1.165) is 12.0 Å². The van der Waals surface area contributed by atoms with Crippen molar-refractivity contribution in [3.8, 4) is 5.75 Å². The van der Waals surface area contributed by atoms with Crippen LogP contribution in [0.5, 0.6) is 5.75 Å². The van der Waals surface area contributed by atoms with Gasteiger partial charge >= 0.3 is 12.1 Å². The number of nitrogens with one attached hydrogen (secondary N) is 1. The quantitative estimate of drug-likeness (QED) is 0.174. The molecule has 10 heteroatoms. The molecule has 0 radical (unpaired) electrons. The Morgan fingerprint density at radius 3 is 2.07 bits per heavy atom. The number of rotatable bonds is 8. The van der Waals surface area contributed by atoms with Crippen molar-refractivity contribution in [2.45, 2.75) is 38.8 Å². The Labute approximate surface area is 199 Å². The number of amides is 1. The fraction of sp³-hybridized carbons (Fsp3) is 0.300. The first-order valence-corrected chi connectivity index (χ1v) is 10.9. The molecule has 30 heavy (non-hydrogen) atoms. The molecule has 1 N–H and O–H groups in total. The number of hydrogen-bond donors (Lipinski definition) is 1. The molecule has 5 nitrogen and oxygen atoms in total. The van der Waals surface area contributed by atoms with Crippen molar-refractivity contribution in [1.29, 1.82) is 0 Å². The van der Waals surface area contributed by atoms with E-state index in [2.05, 4.69) is 5.32 Å². The van der Waals surface area contributed by atoms with E-state index in [-0.39, 0.29) is 37.5 Å². The molecule has 0 saturated carbocycles. The monoisotopic (exact) mass is 511 g/mol. The number of benzene rings is 2. The van der Waals surface area contributed by atoms with Crippen LogP contribution in [0.4, 0.5) is 4.79 Å². The summed E-state index contributed by atoms with van der Waals surface area (Å²) in [6.45, 7) is 2.00. The summed E-state index contributed by atoms with van der Waals surface area (Å²) in [5.74, 6) is -1.03. The lowest BCUT2D eigenvalue weighted by molar-refractivity contribution is -0.136. The third kappa shape index (κ3) is 6.56. The Morgan fingerprint density at radius 2 is 1.50 bits per heavy atom. The molecule has 0 aromatic heterocycles. The highest BCUT2D eigenvalue weighted by molar-refractivity contribution is 6.55. The molecule has 0 bridgehead atoms. The van der Waals surface area contributed by atoms with Crippen LogP contribution in [0.15, 0.2) is 30.3 Å². The minimum Gasteiger partial charge on any atom is -0.445 e. The average Bonchev–Trinajstić information content (AvgIpc) is 2.75. The summed E-state index contributed by atoms with van der Waals surface area (Å²) >= 11 is 30.1. The van der Waals surface area contributed by atoms with Crippen LogP contribution >= 0.6 is 58.0 Å². The predicted molar refractivity (Wildman–Crippen MR) is 120 cm³/mol. The third-order valence-corrected chi connectivity index (χ3v) is 6.25. The molecule has 0 unspecified atom stereocenters. The fourth-order valence-electron chi connectivity index (χ4n) is 2.41. The van der Waals surface area contributed by atoms with E-state index in [9.17, 15) is 9.59 Å². The molecule has 0 aliphatic heterocycles. The molecule has 1 amide bonds. The standard InChI is InChI=1S/C20H18Cl5NO4/c1-2-3-9-12(26-20(28)29-10-11-7-5-4-6-8-11)19(27)30-18-16(24)14(22)13(21)15(23)17(18)25/h4-8,12H,2-3,9-10H2,1H3,(H,26,28)/t12-/m0/s1. The van der Waals surface area contributed by atoms with Gasteiger partial charge in [0.25, 0.3) is 0 Å². The molecule has 1 atom stereocenters. The zero-order valence-corrected chi connectivity index (χ0v) is 19.6. The van der Waals surface area contributed by atoms with Gasteiger partial charge in [0.15, 0.2) is 5.75 Å². The van der Waals surface area contributed by atoms with Gasteiger partial charge in [-0.15, -0.1) is 0 Å². The van der Waals surface area contributed by atoms with E-state index in [0.29, 0.717) is 12.8 Å². The number of carbonyl (C=O) groups is 2. The molecular formula is C20H18Cl5NO4. The molecule has 2 rings (SSSR count). The average molecular weight is 514 g/mol. The number of esters is 1. The zero-order valence-electron chi connectivity index (χ0n) is 15.8. The third-order valence-electron chi connectivity index (χ3n) is 4.01. The molecular weight excluding hydrogens is 495 g/mol. The van der Waals surface area contributed by atoms with E-state index >= 15 is 0 Å². The molecule has 0 spiro atoms. The van der Waals surface area contributed by atoms with Gasteiger partial charge in [-0.25, -0.2) is 9.59 Å². The highest BCUT2D eigenvalue weighted by Gasteiger charge is 2.27. The van der Waals surface area contributed by atoms with Crippen molar-refractivity contribution in [2.75, 3.05) is 0 Å². The summed E-state index contributed by atoms with van der Waals surface area (Å²) in [5.41, 5.74) is 0.810. The van der Waals surface area contributed by atoms with Gasteiger partial charge in [0.05, 0.1) is 15.1 Å². The summed E-state index contributed by atoms with van der Waals surface area (Å²) < 4.78 is 10.5. The van der Waals surface area contributed by atoms with Crippen molar-refractivity contribution in [1.82, 2.24) is 5.32 Å². The minimum atomic E-state index is -0.992. The van der Waals surface area contributed by atoms with Gasteiger partial charge in [0.2, 0.25) is 0 Å². The molecule has 162 valence electrons. The van der Waals surface area contributed by atoms with Crippen LogP contribution in [-0.2, 0) is 16.1 Å². The number of alkyl carbamates (subject to hydrolysis) is 1. The lowest BCUT2D eigenvalue weighted by atomic mass is 10.1. The first kappa shape index (κ1) is 24.9. The van der Waals surface area contributed by atoms with Crippen molar-refractivity contribution in [3.63, 3.8) is 0 Å². The van der Waals surface area contributed by atoms with Crippen molar-refractivity contribution >= 4 is 70.1 Å². The van der Waals surface area contributed by atoms with Crippen LogP contribution in [0.3, 0.4) is 0 Å². The summed E-state index contributed by atoms with van der Waals surface area (Å²) in [7, 11) is 0. The maximum Gasteiger partial charge on any atom is 0.408 e. The molecule has 2 aromatic rings. The normalized spacial score (nSPS) is 11.7. The Morgan fingerprint density at radius 1 is 0.933 bits per heavy atom. The van der Waals surface area contributed by atoms with E-state index < -0.39 is 18.1 Å². The molecule has 2 aromatic carbocycles. The lowest BCUT2D eigenvalue weighted by Gasteiger charge is -2.19. The maximum atomic E-state index is 12.7. The van der Waals surface area contributed by atoms with Crippen molar-refractivity contribution in [3.05, 3.63) is 61.0 Å². The lowest BCUT2D eigenvalue weighted by Crippen LogP contribution is -2.43. The topological polar surface area (TPSA) is 64.6 Å². The Kier molecular flexibility index (Phi) is 9.85. The van der Waals surface area contributed by atoms with Gasteiger partial charge < -0.3 is 14.8 Å². The Hall–Kier alpha value is -1.37.